The van der Waals surface area contributed by atoms with Crippen LogP contribution in [0.1, 0.15) is 38.3 Å². The zero-order valence-electron chi connectivity index (χ0n) is 12.1. The van der Waals surface area contributed by atoms with Gasteiger partial charge in [-0.1, -0.05) is 6.92 Å². The minimum absolute atomic E-state index is 0.757. The molecule has 4 nitrogen and oxygen atoms in total. The smallest absolute Gasteiger partial charge is 0.227 e. The van der Waals surface area contributed by atoms with Gasteiger partial charge in [0.2, 0.25) is 5.95 Å². The average molecular weight is 260 g/mol. The normalized spacial score (nSPS) is 24.0. The zero-order chi connectivity index (χ0) is 13.2. The highest BCUT2D eigenvalue weighted by molar-refractivity contribution is 5.46. The first-order chi connectivity index (χ1) is 9.22. The van der Waals surface area contributed by atoms with E-state index in [1.54, 1.807) is 0 Å². The van der Waals surface area contributed by atoms with Gasteiger partial charge in [0.25, 0.3) is 0 Å². The number of hydrogen-bond acceptors (Lipinski definition) is 4. The van der Waals surface area contributed by atoms with E-state index in [0.29, 0.717) is 0 Å². The second-order valence-corrected chi connectivity index (χ2v) is 6.06. The molecule has 1 atom stereocenters. The van der Waals surface area contributed by atoms with E-state index in [9.17, 15) is 0 Å². The van der Waals surface area contributed by atoms with Crippen molar-refractivity contribution in [2.45, 2.75) is 39.5 Å². The maximum absolute atomic E-state index is 4.81. The van der Waals surface area contributed by atoms with E-state index in [1.807, 2.05) is 0 Å². The van der Waals surface area contributed by atoms with E-state index in [4.69, 9.17) is 4.98 Å². The second-order valence-electron chi connectivity index (χ2n) is 6.06. The van der Waals surface area contributed by atoms with Crippen LogP contribution in [0.2, 0.25) is 0 Å². The van der Waals surface area contributed by atoms with Crippen molar-refractivity contribution in [3.05, 3.63) is 11.8 Å². The molecule has 2 fully saturated rings. The second kappa shape index (κ2) is 5.35. The molecule has 3 heterocycles. The molecular weight excluding hydrogens is 236 g/mol. The van der Waals surface area contributed by atoms with Crippen LogP contribution >= 0.6 is 0 Å². The van der Waals surface area contributed by atoms with E-state index in [-0.39, 0.29) is 0 Å². The Balaban J connectivity index is 1.84. The third kappa shape index (κ3) is 2.82. The highest BCUT2D eigenvalue weighted by Gasteiger charge is 2.21. The van der Waals surface area contributed by atoms with Crippen LogP contribution in [0.5, 0.6) is 0 Å². The molecule has 0 aromatic carbocycles. The maximum atomic E-state index is 4.81. The predicted molar refractivity (Wildman–Crippen MR) is 78.8 cm³/mol. The van der Waals surface area contributed by atoms with Crippen molar-refractivity contribution < 1.29 is 0 Å². The van der Waals surface area contributed by atoms with Crippen molar-refractivity contribution >= 4 is 11.8 Å². The van der Waals surface area contributed by atoms with Crippen molar-refractivity contribution in [1.82, 2.24) is 9.97 Å². The van der Waals surface area contributed by atoms with Crippen LogP contribution in [0.15, 0.2) is 6.07 Å². The molecule has 0 N–H and O–H groups in total. The fourth-order valence-corrected chi connectivity index (χ4v) is 3.16. The third-order valence-electron chi connectivity index (χ3n) is 4.20. The van der Waals surface area contributed by atoms with Gasteiger partial charge in [0.15, 0.2) is 0 Å². The monoisotopic (exact) mass is 260 g/mol. The standard InChI is InChI=1S/C15H24N4/c1-12-6-5-9-19(11-12)15-16-13(2)10-14(17-15)18-7-3-4-8-18/h10,12H,3-9,11H2,1-2H3. The van der Waals surface area contributed by atoms with Gasteiger partial charge in [-0.2, -0.15) is 4.98 Å². The van der Waals surface area contributed by atoms with Crippen LogP contribution in [-0.4, -0.2) is 36.1 Å². The lowest BCUT2D eigenvalue weighted by Crippen LogP contribution is -2.36. The summed E-state index contributed by atoms with van der Waals surface area (Å²) in [7, 11) is 0. The summed E-state index contributed by atoms with van der Waals surface area (Å²) in [5.41, 5.74) is 1.09. The van der Waals surface area contributed by atoms with E-state index < -0.39 is 0 Å². The first-order valence-electron chi connectivity index (χ1n) is 7.58. The summed E-state index contributed by atoms with van der Waals surface area (Å²) in [6.45, 7) is 8.90. The van der Waals surface area contributed by atoms with Gasteiger partial charge in [0.05, 0.1) is 0 Å². The molecule has 104 valence electrons. The van der Waals surface area contributed by atoms with Crippen LogP contribution in [0.25, 0.3) is 0 Å². The molecular formula is C15H24N4. The molecule has 4 heteroatoms. The van der Waals surface area contributed by atoms with Crippen molar-refractivity contribution in [3.63, 3.8) is 0 Å². The number of rotatable bonds is 2. The highest BCUT2D eigenvalue weighted by Crippen LogP contribution is 2.24. The number of hydrogen-bond donors (Lipinski definition) is 0. The highest BCUT2D eigenvalue weighted by atomic mass is 15.3. The van der Waals surface area contributed by atoms with E-state index in [1.165, 1.54) is 25.7 Å². The Morgan fingerprint density at radius 3 is 2.53 bits per heavy atom. The van der Waals surface area contributed by atoms with Gasteiger partial charge in [0, 0.05) is 37.9 Å². The van der Waals surface area contributed by atoms with E-state index in [2.05, 4.69) is 34.7 Å². The molecule has 2 aliphatic heterocycles. The Bertz CT molecular complexity index is 440. The van der Waals surface area contributed by atoms with Crippen LogP contribution in [0, 0.1) is 12.8 Å². The van der Waals surface area contributed by atoms with Gasteiger partial charge in [-0.25, -0.2) is 4.98 Å². The van der Waals surface area contributed by atoms with Gasteiger partial charge in [-0.3, -0.25) is 0 Å². The maximum Gasteiger partial charge on any atom is 0.227 e. The topological polar surface area (TPSA) is 32.3 Å². The van der Waals surface area contributed by atoms with Gasteiger partial charge >= 0.3 is 0 Å². The molecule has 1 unspecified atom stereocenters. The average Bonchev–Trinajstić information content (AvgIpc) is 2.92. The summed E-state index contributed by atoms with van der Waals surface area (Å²) in [6.07, 6.45) is 5.18. The summed E-state index contributed by atoms with van der Waals surface area (Å²) in [5, 5.41) is 0. The Morgan fingerprint density at radius 1 is 1.05 bits per heavy atom. The lowest BCUT2D eigenvalue weighted by atomic mass is 10.0. The summed E-state index contributed by atoms with van der Waals surface area (Å²) in [4.78, 5) is 14.2. The van der Waals surface area contributed by atoms with E-state index >= 15 is 0 Å². The molecule has 0 spiro atoms. The quantitative estimate of drug-likeness (QED) is 0.818. The molecule has 0 aliphatic carbocycles. The largest absolute Gasteiger partial charge is 0.356 e. The number of piperidine rings is 1. The van der Waals surface area contributed by atoms with Crippen LogP contribution in [-0.2, 0) is 0 Å². The van der Waals surface area contributed by atoms with Gasteiger partial charge in [-0.15, -0.1) is 0 Å². The Hall–Kier alpha value is -1.32. The minimum atomic E-state index is 0.757. The summed E-state index contributed by atoms with van der Waals surface area (Å²) < 4.78 is 0. The van der Waals surface area contributed by atoms with Crippen molar-refractivity contribution in [2.75, 3.05) is 36.0 Å². The number of aryl methyl sites for hydroxylation is 1. The molecule has 19 heavy (non-hydrogen) atoms. The molecule has 0 bridgehead atoms. The first-order valence-corrected chi connectivity index (χ1v) is 7.58. The molecule has 0 radical (unpaired) electrons. The molecule has 1 aromatic heterocycles. The summed E-state index contributed by atoms with van der Waals surface area (Å²) in [5.74, 6) is 2.82. The Labute approximate surface area is 115 Å². The molecule has 0 amide bonds. The number of aromatic nitrogens is 2. The molecule has 1 aromatic rings. The van der Waals surface area contributed by atoms with E-state index in [0.717, 1.165) is 49.6 Å². The fraction of sp³-hybridized carbons (Fsp3) is 0.733. The van der Waals surface area contributed by atoms with Crippen molar-refractivity contribution in [1.29, 1.82) is 0 Å². The lowest BCUT2D eigenvalue weighted by Gasteiger charge is -2.31. The van der Waals surface area contributed by atoms with Crippen molar-refractivity contribution in [3.8, 4) is 0 Å². The minimum Gasteiger partial charge on any atom is -0.356 e. The summed E-state index contributed by atoms with van der Waals surface area (Å²) >= 11 is 0. The Morgan fingerprint density at radius 2 is 1.79 bits per heavy atom. The zero-order valence-corrected chi connectivity index (χ0v) is 12.1. The third-order valence-corrected chi connectivity index (χ3v) is 4.20. The van der Waals surface area contributed by atoms with Gasteiger partial charge < -0.3 is 9.80 Å². The van der Waals surface area contributed by atoms with Gasteiger partial charge in [-0.05, 0) is 38.5 Å². The SMILES string of the molecule is Cc1cc(N2CCCC2)nc(N2CCCC(C)C2)n1. The number of anilines is 2. The van der Waals surface area contributed by atoms with Crippen molar-refractivity contribution in [2.24, 2.45) is 5.92 Å². The number of nitrogens with zero attached hydrogens (tertiary/aromatic N) is 4. The fourth-order valence-electron chi connectivity index (χ4n) is 3.16. The molecule has 0 saturated carbocycles. The molecule has 2 saturated heterocycles. The van der Waals surface area contributed by atoms with Gasteiger partial charge in [0.1, 0.15) is 5.82 Å². The van der Waals surface area contributed by atoms with Crippen LogP contribution in [0.3, 0.4) is 0 Å². The van der Waals surface area contributed by atoms with Crippen LogP contribution in [0.4, 0.5) is 11.8 Å². The van der Waals surface area contributed by atoms with Crippen LogP contribution < -0.4 is 9.80 Å². The Kier molecular flexibility index (Phi) is 3.58. The molecule has 3 rings (SSSR count). The summed E-state index contributed by atoms with van der Waals surface area (Å²) in [6, 6.07) is 2.13. The lowest BCUT2D eigenvalue weighted by molar-refractivity contribution is 0.442. The predicted octanol–water partition coefficient (Wildman–Crippen LogP) is 2.62. The molecule has 2 aliphatic rings. The first kappa shape index (κ1) is 12.7.